The molecule has 0 saturated heterocycles. The van der Waals surface area contributed by atoms with Gasteiger partial charge in [0.2, 0.25) is 0 Å². The van der Waals surface area contributed by atoms with Gasteiger partial charge in [0.05, 0.1) is 13.2 Å². The van der Waals surface area contributed by atoms with Crippen molar-refractivity contribution in [3.8, 4) is 0 Å². The maximum atomic E-state index is 12.5. The first-order chi connectivity index (χ1) is 23.8. The molecule has 49 heavy (non-hydrogen) atoms. The van der Waals surface area contributed by atoms with Crippen LogP contribution in [-0.4, -0.2) is 49.3 Å². The number of allylic oxidation sites excluding steroid dienone is 8. The second kappa shape index (κ2) is 35.8. The first kappa shape index (κ1) is 47.0. The number of nitrogens with two attached hydrogens (primary N) is 1. The average molecular weight is 712 g/mol. The molecule has 3 N–H and O–H groups in total. The number of esters is 2. The van der Waals surface area contributed by atoms with Crippen LogP contribution in [0.3, 0.4) is 0 Å². The lowest BCUT2D eigenvalue weighted by atomic mass is 10.1. The summed E-state index contributed by atoms with van der Waals surface area (Å²) in [5.41, 5.74) is 5.32. The normalized spacial score (nSPS) is 14.0. The number of carbonyl (C=O) groups is 2. The van der Waals surface area contributed by atoms with Gasteiger partial charge >= 0.3 is 19.8 Å². The van der Waals surface area contributed by atoms with Gasteiger partial charge in [-0.2, -0.15) is 0 Å². The van der Waals surface area contributed by atoms with Crippen LogP contribution >= 0.6 is 7.82 Å². The number of unbranched alkanes of at least 4 members (excludes halogenated alkanes) is 14. The smallest absolute Gasteiger partial charge is 0.462 e. The van der Waals surface area contributed by atoms with Crippen LogP contribution in [0.5, 0.6) is 0 Å². The molecule has 0 fully saturated rings. The van der Waals surface area contributed by atoms with Crippen molar-refractivity contribution in [2.75, 3.05) is 26.4 Å². The molecular weight excluding hydrogens is 641 g/mol. The van der Waals surface area contributed by atoms with E-state index < -0.39 is 32.5 Å². The standard InChI is InChI=1S/C39H70NO8P/c1-3-5-7-9-11-13-15-16-17-18-19-20-22-23-25-27-29-31-38(41)45-35-37(36-47-49(43,44)46-34-33-40)48-39(42)32-30-28-26-24-21-14-12-10-8-6-4-2/h10,12,16-17,19-20,23,25,37H,3-9,11,13-15,18,21-22,24,26-36,40H2,1-2H3,(H,43,44)/t37-/m1/s1. The molecule has 0 spiro atoms. The van der Waals surface area contributed by atoms with E-state index in [1.54, 1.807) is 0 Å². The molecule has 284 valence electrons. The largest absolute Gasteiger partial charge is 0.472 e. The minimum atomic E-state index is -4.38. The van der Waals surface area contributed by atoms with E-state index in [1.165, 1.54) is 51.4 Å². The summed E-state index contributed by atoms with van der Waals surface area (Å²) in [5.74, 6) is -0.906. The van der Waals surface area contributed by atoms with Crippen molar-refractivity contribution in [2.45, 2.75) is 161 Å². The van der Waals surface area contributed by atoms with Gasteiger partial charge in [-0.05, 0) is 64.2 Å². The Labute approximate surface area is 298 Å². The van der Waals surface area contributed by atoms with Crippen molar-refractivity contribution < 1.29 is 37.6 Å². The number of hydrogen-bond donors (Lipinski definition) is 2. The van der Waals surface area contributed by atoms with E-state index in [1.807, 2.05) is 0 Å². The summed E-state index contributed by atoms with van der Waals surface area (Å²) >= 11 is 0. The molecule has 0 heterocycles. The fourth-order valence-corrected chi connectivity index (χ4v) is 5.57. The predicted molar refractivity (Wildman–Crippen MR) is 201 cm³/mol. The summed E-state index contributed by atoms with van der Waals surface area (Å²) in [4.78, 5) is 34.6. The zero-order valence-corrected chi connectivity index (χ0v) is 31.8. The van der Waals surface area contributed by atoms with Gasteiger partial charge in [0.25, 0.3) is 0 Å². The zero-order chi connectivity index (χ0) is 36.1. The first-order valence-electron chi connectivity index (χ1n) is 19.1. The maximum Gasteiger partial charge on any atom is 0.472 e. The molecule has 0 aliphatic heterocycles. The summed E-state index contributed by atoms with van der Waals surface area (Å²) < 4.78 is 32.5. The number of phosphoric acid groups is 1. The molecule has 0 rings (SSSR count). The molecule has 0 aromatic carbocycles. The SMILES string of the molecule is CCCCC=CCCCCCCCC(=O)O[C@H](COC(=O)CCCC=CCC=CCC=CCCCCCCCC)COP(=O)(O)OCCN. The predicted octanol–water partition coefficient (Wildman–Crippen LogP) is 10.4. The lowest BCUT2D eigenvalue weighted by Gasteiger charge is -2.19. The van der Waals surface area contributed by atoms with Crippen LogP contribution in [-0.2, 0) is 32.7 Å². The number of phosphoric ester groups is 1. The monoisotopic (exact) mass is 711 g/mol. The van der Waals surface area contributed by atoms with Gasteiger partial charge in [-0.15, -0.1) is 0 Å². The van der Waals surface area contributed by atoms with E-state index in [4.69, 9.17) is 24.3 Å². The van der Waals surface area contributed by atoms with E-state index in [0.29, 0.717) is 12.8 Å². The Morgan fingerprint density at radius 1 is 0.612 bits per heavy atom. The Bertz CT molecular complexity index is 949. The summed E-state index contributed by atoms with van der Waals surface area (Å²) in [6.45, 7) is 3.59. The maximum absolute atomic E-state index is 12.5. The van der Waals surface area contributed by atoms with Gasteiger partial charge in [0.15, 0.2) is 6.10 Å². The number of carbonyl (C=O) groups excluding carboxylic acids is 2. The van der Waals surface area contributed by atoms with Crippen LogP contribution < -0.4 is 5.73 Å². The molecule has 1 unspecified atom stereocenters. The Kier molecular flexibility index (Phi) is 34.3. The molecule has 0 aromatic rings. The Balaban J connectivity index is 4.31. The van der Waals surface area contributed by atoms with E-state index >= 15 is 0 Å². The Hall–Kier alpha value is -2.03. The van der Waals surface area contributed by atoms with Gasteiger partial charge < -0.3 is 20.1 Å². The van der Waals surface area contributed by atoms with Crippen LogP contribution in [0.4, 0.5) is 0 Å². The molecular formula is C39H70NO8P. The topological polar surface area (TPSA) is 134 Å². The summed E-state index contributed by atoms with van der Waals surface area (Å²) in [7, 11) is -4.38. The van der Waals surface area contributed by atoms with Crippen molar-refractivity contribution in [2.24, 2.45) is 5.73 Å². The highest BCUT2D eigenvalue weighted by Gasteiger charge is 2.25. The lowest BCUT2D eigenvalue weighted by molar-refractivity contribution is -0.161. The summed E-state index contributed by atoms with van der Waals surface area (Å²) in [6, 6.07) is 0. The van der Waals surface area contributed by atoms with E-state index in [-0.39, 0.29) is 32.6 Å². The molecule has 0 aliphatic rings. The highest BCUT2D eigenvalue weighted by Crippen LogP contribution is 2.43. The molecule has 0 bridgehead atoms. The van der Waals surface area contributed by atoms with Crippen LogP contribution in [0.25, 0.3) is 0 Å². The highest BCUT2D eigenvalue weighted by atomic mass is 31.2. The molecule has 0 amide bonds. The molecule has 2 atom stereocenters. The third-order valence-electron chi connectivity index (χ3n) is 7.69. The van der Waals surface area contributed by atoms with Gasteiger partial charge in [-0.25, -0.2) is 4.57 Å². The van der Waals surface area contributed by atoms with Gasteiger partial charge in [0.1, 0.15) is 6.61 Å². The number of rotatable bonds is 35. The summed E-state index contributed by atoms with van der Waals surface area (Å²) in [5, 5.41) is 0. The Morgan fingerprint density at radius 2 is 1.10 bits per heavy atom. The van der Waals surface area contributed by atoms with Gasteiger partial charge in [0, 0.05) is 19.4 Å². The quantitative estimate of drug-likeness (QED) is 0.0285. The molecule has 0 aromatic heterocycles. The van der Waals surface area contributed by atoms with Crippen molar-refractivity contribution in [3.05, 3.63) is 48.6 Å². The second-order valence-corrected chi connectivity index (χ2v) is 13.9. The third-order valence-corrected chi connectivity index (χ3v) is 8.67. The fourth-order valence-electron chi connectivity index (χ4n) is 4.81. The summed E-state index contributed by atoms with van der Waals surface area (Å²) in [6.07, 6.45) is 38.7. The van der Waals surface area contributed by atoms with Crippen LogP contribution in [0.1, 0.15) is 155 Å². The first-order valence-corrected chi connectivity index (χ1v) is 20.6. The number of hydrogen-bond acceptors (Lipinski definition) is 8. The van der Waals surface area contributed by atoms with Crippen LogP contribution in [0.15, 0.2) is 48.6 Å². The fraction of sp³-hybridized carbons (Fsp3) is 0.744. The molecule has 0 aliphatic carbocycles. The Morgan fingerprint density at radius 3 is 1.71 bits per heavy atom. The van der Waals surface area contributed by atoms with Gasteiger partial charge in [-0.1, -0.05) is 127 Å². The van der Waals surface area contributed by atoms with E-state index in [0.717, 1.165) is 64.2 Å². The van der Waals surface area contributed by atoms with Crippen LogP contribution in [0.2, 0.25) is 0 Å². The van der Waals surface area contributed by atoms with E-state index in [2.05, 4.69) is 62.5 Å². The highest BCUT2D eigenvalue weighted by molar-refractivity contribution is 7.47. The average Bonchev–Trinajstić information content (AvgIpc) is 3.08. The van der Waals surface area contributed by atoms with Crippen molar-refractivity contribution in [3.63, 3.8) is 0 Å². The van der Waals surface area contributed by atoms with Crippen LogP contribution in [0, 0.1) is 0 Å². The van der Waals surface area contributed by atoms with Crippen molar-refractivity contribution in [1.82, 2.24) is 0 Å². The molecule has 0 saturated carbocycles. The molecule has 10 heteroatoms. The number of ether oxygens (including phenoxy) is 2. The molecule has 0 radical (unpaired) electrons. The molecule has 9 nitrogen and oxygen atoms in total. The van der Waals surface area contributed by atoms with E-state index in [9.17, 15) is 19.0 Å². The minimum absolute atomic E-state index is 0.0441. The lowest BCUT2D eigenvalue weighted by Crippen LogP contribution is -2.29. The second-order valence-electron chi connectivity index (χ2n) is 12.4. The minimum Gasteiger partial charge on any atom is -0.462 e. The van der Waals surface area contributed by atoms with Crippen molar-refractivity contribution in [1.29, 1.82) is 0 Å². The van der Waals surface area contributed by atoms with Gasteiger partial charge in [-0.3, -0.25) is 18.6 Å². The zero-order valence-electron chi connectivity index (χ0n) is 30.9. The van der Waals surface area contributed by atoms with Crippen molar-refractivity contribution >= 4 is 19.8 Å². The third kappa shape index (κ3) is 35.6.